The Hall–Kier alpha value is -2.72. The van der Waals surface area contributed by atoms with Crippen molar-refractivity contribution in [3.05, 3.63) is 113 Å². The molecule has 4 rings (SSSR count). The highest BCUT2D eigenvalue weighted by Crippen LogP contribution is 2.45. The topological polar surface area (TPSA) is 38.7 Å². The van der Waals surface area contributed by atoms with Gasteiger partial charge in [0.15, 0.2) is 0 Å². The molecule has 3 aromatic carbocycles. The molecule has 1 saturated carbocycles. The van der Waals surface area contributed by atoms with Crippen LogP contribution >= 0.6 is 0 Å². The fourth-order valence-corrected chi connectivity index (χ4v) is 4.56. The highest BCUT2D eigenvalue weighted by atomic mass is 16.5. The largest absolute Gasteiger partial charge is 0.389 e. The molecule has 0 saturated heterocycles. The molecule has 1 aliphatic rings. The molecule has 166 valence electrons. The van der Waals surface area contributed by atoms with E-state index >= 15 is 0 Å². The van der Waals surface area contributed by atoms with Crippen LogP contribution in [0.5, 0.6) is 0 Å². The minimum atomic E-state index is -0.476. The van der Waals surface area contributed by atoms with E-state index in [0.717, 1.165) is 34.3 Å². The molecule has 3 nitrogen and oxygen atoms in total. The Bertz CT molecular complexity index is 951. The van der Waals surface area contributed by atoms with Gasteiger partial charge in [-0.25, -0.2) is 0 Å². The second-order valence-electron chi connectivity index (χ2n) is 8.87. The molecule has 0 aromatic heterocycles. The lowest BCUT2D eigenvalue weighted by molar-refractivity contribution is -0.0349. The van der Waals surface area contributed by atoms with Crippen LogP contribution in [0, 0.1) is 5.41 Å². The van der Waals surface area contributed by atoms with Crippen molar-refractivity contribution in [2.45, 2.75) is 39.1 Å². The summed E-state index contributed by atoms with van der Waals surface area (Å²) in [6.45, 7) is 4.35. The first kappa shape index (κ1) is 22.5. The summed E-state index contributed by atoms with van der Waals surface area (Å²) in [5.74, 6) is 0. The first-order valence-electron chi connectivity index (χ1n) is 11.3. The van der Waals surface area contributed by atoms with Crippen LogP contribution in [-0.2, 0) is 22.7 Å². The van der Waals surface area contributed by atoms with Crippen LogP contribution < -0.4 is 0 Å². The maximum Gasteiger partial charge on any atom is 0.0763 e. The summed E-state index contributed by atoms with van der Waals surface area (Å²) in [6.07, 6.45) is 0.949. The summed E-state index contributed by atoms with van der Waals surface area (Å²) in [5, 5.41) is 11.0. The lowest BCUT2D eigenvalue weighted by atomic mass is 9.87. The number of ether oxygens (including phenoxy) is 2. The quantitative estimate of drug-likeness (QED) is 0.452. The zero-order valence-electron chi connectivity index (χ0n) is 18.7. The predicted octanol–water partition coefficient (Wildman–Crippen LogP) is 6.03. The monoisotopic (exact) mass is 428 g/mol. The molecular weight excluding hydrogens is 396 g/mol. The number of hydrogen-bond donors (Lipinski definition) is 1. The number of rotatable bonds is 9. The van der Waals surface area contributed by atoms with Crippen molar-refractivity contribution in [2.75, 3.05) is 13.2 Å². The first-order valence-corrected chi connectivity index (χ1v) is 11.3. The van der Waals surface area contributed by atoms with E-state index in [4.69, 9.17) is 9.47 Å². The number of hydrogen-bond acceptors (Lipinski definition) is 3. The van der Waals surface area contributed by atoms with Crippen molar-refractivity contribution in [1.82, 2.24) is 0 Å². The predicted molar refractivity (Wildman–Crippen MR) is 129 cm³/mol. The molecule has 0 bridgehead atoms. The number of benzene rings is 3. The second-order valence-corrected chi connectivity index (χ2v) is 8.87. The Morgan fingerprint density at radius 1 is 0.781 bits per heavy atom. The van der Waals surface area contributed by atoms with Gasteiger partial charge in [0.1, 0.15) is 0 Å². The summed E-state index contributed by atoms with van der Waals surface area (Å²) in [5.41, 5.74) is 5.49. The van der Waals surface area contributed by atoms with Gasteiger partial charge in [-0.1, -0.05) is 91.0 Å². The van der Waals surface area contributed by atoms with Crippen molar-refractivity contribution in [1.29, 1.82) is 0 Å². The third kappa shape index (κ3) is 5.74. The number of allylic oxidation sites excluding steroid dienone is 1. The van der Waals surface area contributed by atoms with Crippen LogP contribution in [0.15, 0.2) is 96.6 Å². The Morgan fingerprint density at radius 2 is 1.25 bits per heavy atom. The van der Waals surface area contributed by atoms with E-state index in [9.17, 15) is 5.11 Å². The minimum Gasteiger partial charge on any atom is -0.389 e. The van der Waals surface area contributed by atoms with E-state index in [1.54, 1.807) is 0 Å². The molecule has 0 unspecified atom stereocenters. The number of aliphatic hydroxyl groups is 1. The molecule has 1 atom stereocenters. The molecular formula is C29H32O3. The molecule has 0 aliphatic heterocycles. The first-order chi connectivity index (χ1) is 15.7. The smallest absolute Gasteiger partial charge is 0.0763 e. The molecule has 1 fully saturated rings. The molecule has 3 heteroatoms. The fraction of sp³-hybridized carbons (Fsp3) is 0.310. The van der Waals surface area contributed by atoms with E-state index in [0.29, 0.717) is 32.8 Å². The van der Waals surface area contributed by atoms with Gasteiger partial charge < -0.3 is 14.6 Å². The van der Waals surface area contributed by atoms with Gasteiger partial charge in [-0.15, -0.1) is 0 Å². The van der Waals surface area contributed by atoms with Gasteiger partial charge in [0.05, 0.1) is 32.5 Å². The molecule has 1 N–H and O–H groups in total. The average molecular weight is 429 g/mol. The van der Waals surface area contributed by atoms with E-state index in [1.165, 1.54) is 0 Å². The van der Waals surface area contributed by atoms with E-state index in [1.807, 2.05) is 54.6 Å². The Balaban J connectivity index is 1.49. The van der Waals surface area contributed by atoms with Crippen molar-refractivity contribution in [2.24, 2.45) is 5.41 Å². The lowest BCUT2D eigenvalue weighted by Crippen LogP contribution is -2.30. The van der Waals surface area contributed by atoms with Gasteiger partial charge in [-0.05, 0) is 47.6 Å². The Labute approximate surface area is 191 Å². The van der Waals surface area contributed by atoms with Gasteiger partial charge in [0.25, 0.3) is 0 Å². The maximum atomic E-state index is 11.0. The fourth-order valence-electron chi connectivity index (χ4n) is 4.56. The third-order valence-electron chi connectivity index (χ3n) is 6.32. The second kappa shape index (κ2) is 10.7. The summed E-state index contributed by atoms with van der Waals surface area (Å²) < 4.78 is 12.4. The van der Waals surface area contributed by atoms with Gasteiger partial charge in [0.2, 0.25) is 0 Å². The van der Waals surface area contributed by atoms with E-state index < -0.39 is 6.10 Å². The highest BCUT2D eigenvalue weighted by Gasteiger charge is 2.43. The van der Waals surface area contributed by atoms with Crippen molar-refractivity contribution >= 4 is 5.57 Å². The van der Waals surface area contributed by atoms with E-state index in [2.05, 4.69) is 43.3 Å². The molecule has 32 heavy (non-hydrogen) atoms. The van der Waals surface area contributed by atoms with Crippen LogP contribution in [0.1, 0.15) is 36.5 Å². The average Bonchev–Trinajstić information content (AvgIpc) is 3.16. The van der Waals surface area contributed by atoms with Crippen molar-refractivity contribution < 1.29 is 14.6 Å². The van der Waals surface area contributed by atoms with E-state index in [-0.39, 0.29) is 5.41 Å². The van der Waals surface area contributed by atoms with Crippen molar-refractivity contribution in [3.8, 4) is 0 Å². The van der Waals surface area contributed by atoms with Gasteiger partial charge in [0, 0.05) is 5.41 Å². The van der Waals surface area contributed by atoms with Crippen LogP contribution in [0.25, 0.3) is 5.57 Å². The lowest BCUT2D eigenvalue weighted by Gasteiger charge is -2.28. The minimum absolute atomic E-state index is 0.242. The third-order valence-corrected chi connectivity index (χ3v) is 6.32. The summed E-state index contributed by atoms with van der Waals surface area (Å²) in [6, 6.07) is 30.8. The standard InChI is InChI=1S/C29H32O3/c1-23(26-15-9-4-10-16-26)27-17-29(18-28(27)30,21-31-19-24-11-5-2-6-12-24)22-32-20-25-13-7-3-8-14-25/h2-16,28,30H,17-22H2,1H3/b27-23-/t28-/m1/s1. The Kier molecular flexibility index (Phi) is 7.54. The van der Waals surface area contributed by atoms with Gasteiger partial charge in [-0.2, -0.15) is 0 Å². The molecule has 0 amide bonds. The summed E-state index contributed by atoms with van der Waals surface area (Å²) in [7, 11) is 0. The normalized spacial score (nSPS) is 19.1. The molecule has 3 aromatic rings. The maximum absolute atomic E-state index is 11.0. The van der Waals surface area contributed by atoms with Crippen LogP contribution in [0.3, 0.4) is 0 Å². The summed E-state index contributed by atoms with van der Waals surface area (Å²) >= 11 is 0. The van der Waals surface area contributed by atoms with Gasteiger partial charge in [-0.3, -0.25) is 0 Å². The van der Waals surface area contributed by atoms with Crippen LogP contribution in [0.2, 0.25) is 0 Å². The van der Waals surface area contributed by atoms with Crippen molar-refractivity contribution in [3.63, 3.8) is 0 Å². The molecule has 1 aliphatic carbocycles. The Morgan fingerprint density at radius 3 is 1.75 bits per heavy atom. The number of aliphatic hydroxyl groups excluding tert-OH is 1. The van der Waals surface area contributed by atoms with Gasteiger partial charge >= 0.3 is 0 Å². The van der Waals surface area contributed by atoms with Crippen LogP contribution in [0.4, 0.5) is 0 Å². The molecule has 0 heterocycles. The molecule has 0 spiro atoms. The SMILES string of the molecule is C/C(=C1\CC(COCc2ccccc2)(COCc2ccccc2)C[C@H]1O)c1ccccc1. The zero-order chi connectivity index (χ0) is 22.2. The summed E-state index contributed by atoms with van der Waals surface area (Å²) in [4.78, 5) is 0. The zero-order valence-corrected chi connectivity index (χ0v) is 18.7. The van der Waals surface area contributed by atoms with Crippen LogP contribution in [-0.4, -0.2) is 24.4 Å². The molecule has 0 radical (unpaired) electrons. The highest BCUT2D eigenvalue weighted by molar-refractivity contribution is 5.68.